The van der Waals surface area contributed by atoms with Crippen LogP contribution in [0.2, 0.25) is 0 Å². The van der Waals surface area contributed by atoms with Crippen LogP contribution in [0.25, 0.3) is 16.7 Å². The molecule has 3 atom stereocenters. The average Bonchev–Trinajstić information content (AvgIpc) is 3.97. The quantitative estimate of drug-likeness (QED) is 0.112. The number of hydrogen-bond acceptors (Lipinski definition) is 9. The van der Waals surface area contributed by atoms with Crippen LogP contribution in [0.4, 0.5) is 10.1 Å². The summed E-state index contributed by atoms with van der Waals surface area (Å²) in [5.74, 6) is -1.46. The number of rotatable bonds is 11. The van der Waals surface area contributed by atoms with Crippen LogP contribution in [0, 0.1) is 31.0 Å². The monoisotopic (exact) mass is 785 g/mol. The standard InChI is InChI=1S/C44H41ClFN7O4/c1-25-8-3-4-9-31(25)32-10-7-15-44(40(32)45,43-51-35-19-27(18-29(21-47)39(35)57-43)22-49-34-14-16-48-26(2)38(34)46)52-41(54)36-20-33(28-12-13-28)30(23-50-36)24-53-17-6-5-11-37(53)42(55)56/h3-4,7-10,14-16,18-20,23,28,37,40H,5-6,11-13,17,22,24H2,1-2H3,(H,48,49)(H,52,54)(H,55,56)/t37-,40?,44?/m0/s1. The van der Waals surface area contributed by atoms with Crippen LogP contribution in [0.15, 0.2) is 83.6 Å². The van der Waals surface area contributed by atoms with E-state index in [0.717, 1.165) is 53.5 Å². The van der Waals surface area contributed by atoms with Gasteiger partial charge in [-0.2, -0.15) is 5.26 Å². The van der Waals surface area contributed by atoms with Gasteiger partial charge < -0.3 is 20.2 Å². The first kappa shape index (κ1) is 38.0. The molecule has 1 saturated heterocycles. The van der Waals surface area contributed by atoms with Crippen molar-refractivity contribution < 1.29 is 23.5 Å². The van der Waals surface area contributed by atoms with Gasteiger partial charge in [0, 0.05) is 25.5 Å². The molecule has 290 valence electrons. The van der Waals surface area contributed by atoms with Crippen molar-refractivity contribution in [1.82, 2.24) is 25.2 Å². The van der Waals surface area contributed by atoms with Crippen molar-refractivity contribution in [1.29, 1.82) is 5.26 Å². The molecule has 3 aromatic heterocycles. The van der Waals surface area contributed by atoms with Crippen molar-refractivity contribution in [3.05, 3.63) is 136 Å². The van der Waals surface area contributed by atoms with Crippen molar-refractivity contribution in [2.24, 2.45) is 0 Å². The first-order chi connectivity index (χ1) is 27.6. The maximum atomic E-state index is 14.7. The van der Waals surface area contributed by atoms with Crippen LogP contribution in [0.5, 0.6) is 0 Å². The molecule has 1 aliphatic heterocycles. The number of piperidine rings is 1. The van der Waals surface area contributed by atoms with Gasteiger partial charge in [-0.15, -0.1) is 11.6 Å². The maximum absolute atomic E-state index is 14.7. The lowest BCUT2D eigenvalue weighted by Gasteiger charge is -2.37. The third-order valence-corrected chi connectivity index (χ3v) is 11.8. The highest BCUT2D eigenvalue weighted by atomic mass is 35.5. The molecule has 2 aliphatic carbocycles. The minimum atomic E-state index is -1.53. The Morgan fingerprint density at radius 3 is 2.72 bits per heavy atom. The number of anilines is 1. The molecule has 3 N–H and O–H groups in total. The number of nitriles is 1. The van der Waals surface area contributed by atoms with Crippen molar-refractivity contribution in [3.8, 4) is 6.07 Å². The molecule has 5 aromatic rings. The van der Waals surface area contributed by atoms with E-state index in [9.17, 15) is 24.3 Å². The van der Waals surface area contributed by atoms with E-state index in [1.807, 2.05) is 54.3 Å². The second-order valence-electron chi connectivity index (χ2n) is 15.1. The van der Waals surface area contributed by atoms with E-state index in [1.54, 1.807) is 37.4 Å². The van der Waals surface area contributed by atoms with Gasteiger partial charge in [0.2, 0.25) is 5.89 Å². The zero-order chi connectivity index (χ0) is 39.8. The first-order valence-electron chi connectivity index (χ1n) is 19.1. The highest BCUT2D eigenvalue weighted by Crippen LogP contribution is 2.45. The van der Waals surface area contributed by atoms with Gasteiger partial charge in [-0.1, -0.05) is 42.8 Å². The fourth-order valence-electron chi connectivity index (χ4n) is 7.97. The normalized spacial score (nSPS) is 20.9. The van der Waals surface area contributed by atoms with Crippen molar-refractivity contribution in [2.45, 2.75) is 81.9 Å². The van der Waals surface area contributed by atoms with Crippen LogP contribution in [-0.4, -0.2) is 54.8 Å². The number of aryl methyl sites for hydroxylation is 2. The number of fused-ring (bicyclic) bond motifs is 1. The van der Waals surface area contributed by atoms with Gasteiger partial charge in [0.15, 0.2) is 16.9 Å². The number of likely N-dealkylation sites (tertiary alicyclic amines) is 1. The number of allylic oxidation sites excluding steroid dienone is 2. The summed E-state index contributed by atoms with van der Waals surface area (Å²) < 4.78 is 21.2. The van der Waals surface area contributed by atoms with E-state index >= 15 is 0 Å². The van der Waals surface area contributed by atoms with Gasteiger partial charge in [0.25, 0.3) is 5.91 Å². The molecule has 11 nitrogen and oxygen atoms in total. The molecule has 2 unspecified atom stereocenters. The smallest absolute Gasteiger partial charge is 0.320 e. The molecule has 1 saturated carbocycles. The molecular formula is C44H41ClFN7O4. The van der Waals surface area contributed by atoms with Crippen molar-refractivity contribution in [3.63, 3.8) is 0 Å². The molecular weight excluding hydrogens is 745 g/mol. The van der Waals surface area contributed by atoms with Crippen molar-refractivity contribution in [2.75, 3.05) is 11.9 Å². The Hall–Kier alpha value is -5.90. The Morgan fingerprint density at radius 2 is 1.95 bits per heavy atom. The number of carbonyl (C=O) groups excluding carboxylic acids is 1. The largest absolute Gasteiger partial charge is 0.480 e. The van der Waals surface area contributed by atoms with Gasteiger partial charge in [-0.3, -0.25) is 24.5 Å². The number of aromatic nitrogens is 3. The molecule has 0 spiro atoms. The predicted octanol–water partition coefficient (Wildman–Crippen LogP) is 8.06. The lowest BCUT2D eigenvalue weighted by molar-refractivity contribution is -0.144. The number of alkyl halides is 1. The number of nitrogens with one attached hydrogen (secondary N) is 2. The Balaban J connectivity index is 1.16. The van der Waals surface area contributed by atoms with Gasteiger partial charge in [0.1, 0.15) is 23.3 Å². The highest BCUT2D eigenvalue weighted by Gasteiger charge is 2.47. The number of pyridine rings is 2. The number of carboxylic acids is 1. The van der Waals surface area contributed by atoms with E-state index < -0.39 is 34.7 Å². The molecule has 57 heavy (non-hydrogen) atoms. The Kier molecular flexibility index (Phi) is 10.4. The van der Waals surface area contributed by atoms with Crippen LogP contribution in [0.1, 0.15) is 93.5 Å². The molecule has 0 bridgehead atoms. The summed E-state index contributed by atoms with van der Waals surface area (Å²) in [5.41, 5.74) is 5.15. The zero-order valence-electron chi connectivity index (χ0n) is 31.6. The number of amides is 1. The number of nitrogens with zero attached hydrogens (tertiary/aromatic N) is 5. The molecule has 8 rings (SSSR count). The lowest BCUT2D eigenvalue weighted by Crippen LogP contribution is -2.52. The van der Waals surface area contributed by atoms with E-state index in [0.29, 0.717) is 30.6 Å². The molecule has 2 fully saturated rings. The maximum Gasteiger partial charge on any atom is 0.320 e. The first-order valence-corrected chi connectivity index (χ1v) is 19.6. The van der Waals surface area contributed by atoms with E-state index in [4.69, 9.17) is 21.0 Å². The van der Waals surface area contributed by atoms with Gasteiger partial charge in [-0.05, 0) is 116 Å². The summed E-state index contributed by atoms with van der Waals surface area (Å²) in [6, 6.07) is 16.2. The summed E-state index contributed by atoms with van der Waals surface area (Å²) in [5, 5.41) is 25.5. The number of carbonyl (C=O) groups is 2. The van der Waals surface area contributed by atoms with Gasteiger partial charge in [0.05, 0.1) is 22.3 Å². The topological polar surface area (TPSA) is 157 Å². The third-order valence-electron chi connectivity index (χ3n) is 11.2. The molecule has 0 radical (unpaired) electrons. The van der Waals surface area contributed by atoms with Crippen LogP contribution < -0.4 is 10.6 Å². The number of halogens is 2. The predicted molar refractivity (Wildman–Crippen MR) is 214 cm³/mol. The number of carboxylic acid groups (broad SMARTS) is 1. The molecule has 4 heterocycles. The number of hydrogen-bond donors (Lipinski definition) is 3. The number of oxazole rings is 1. The minimum Gasteiger partial charge on any atom is -0.480 e. The van der Waals surface area contributed by atoms with Crippen LogP contribution in [0.3, 0.4) is 0 Å². The minimum absolute atomic E-state index is 0.0718. The van der Waals surface area contributed by atoms with Crippen LogP contribution in [-0.2, 0) is 23.4 Å². The number of aliphatic carboxylic acids is 1. The van der Waals surface area contributed by atoms with E-state index in [1.165, 1.54) is 6.20 Å². The average molecular weight is 786 g/mol. The second kappa shape index (κ2) is 15.6. The van der Waals surface area contributed by atoms with E-state index in [-0.39, 0.29) is 46.6 Å². The fourth-order valence-corrected chi connectivity index (χ4v) is 8.39. The molecule has 13 heteroatoms. The Morgan fingerprint density at radius 1 is 1.12 bits per heavy atom. The summed E-state index contributed by atoms with van der Waals surface area (Å²) in [6.45, 7) is 4.88. The zero-order valence-corrected chi connectivity index (χ0v) is 32.3. The lowest BCUT2D eigenvalue weighted by atomic mass is 9.81. The summed E-state index contributed by atoms with van der Waals surface area (Å²) in [7, 11) is 0. The van der Waals surface area contributed by atoms with Gasteiger partial charge in [-0.25, -0.2) is 9.37 Å². The van der Waals surface area contributed by atoms with Gasteiger partial charge >= 0.3 is 5.97 Å². The second-order valence-corrected chi connectivity index (χ2v) is 15.5. The number of benzene rings is 2. The fraction of sp³-hybridized carbons (Fsp3) is 0.318. The Bertz CT molecular complexity index is 2510. The summed E-state index contributed by atoms with van der Waals surface area (Å²) >= 11 is 7.50. The molecule has 2 aromatic carbocycles. The SMILES string of the molecule is Cc1ccccc1C1=CC=CC(NC(=O)c2cc(C3CC3)c(CN3CCCC[C@H]3C(=O)O)cn2)(c2nc3cc(CNc4ccnc(C)c4F)cc(C#N)c3o2)C1Cl. The highest BCUT2D eigenvalue weighted by molar-refractivity contribution is 6.28. The summed E-state index contributed by atoms with van der Waals surface area (Å²) in [6.07, 6.45) is 13.0. The van der Waals surface area contributed by atoms with Crippen molar-refractivity contribution >= 4 is 45.8 Å². The summed E-state index contributed by atoms with van der Waals surface area (Å²) in [4.78, 5) is 42.1. The van der Waals surface area contributed by atoms with Crippen LogP contribution >= 0.6 is 11.6 Å². The van der Waals surface area contributed by atoms with E-state index in [2.05, 4.69) is 26.7 Å². The molecule has 3 aliphatic rings. The Labute approximate surface area is 334 Å². The third kappa shape index (κ3) is 7.41. The molecule has 1 amide bonds.